The minimum atomic E-state index is -0.826. The number of aliphatic hydroxyl groups excluding tert-OH is 2. The highest BCUT2D eigenvalue weighted by Gasteiger charge is 2.55. The van der Waals surface area contributed by atoms with Crippen LogP contribution in [-0.4, -0.2) is 35.3 Å². The molecule has 4 aliphatic rings. The Kier molecular flexibility index (Phi) is 2.90. The quantitative estimate of drug-likeness (QED) is 0.740. The van der Waals surface area contributed by atoms with Crippen LogP contribution in [-0.2, 0) is 27.1 Å². The maximum atomic E-state index is 13.4. The van der Waals surface area contributed by atoms with E-state index in [9.17, 15) is 15.0 Å². The molecule has 3 atom stereocenters. The molecule has 1 aromatic carbocycles. The lowest BCUT2D eigenvalue weighted by Gasteiger charge is -2.44. The zero-order chi connectivity index (χ0) is 18.6. The van der Waals surface area contributed by atoms with Crippen molar-refractivity contribution in [2.75, 3.05) is 13.2 Å². The molecule has 0 amide bonds. The Labute approximate surface area is 155 Å². The summed E-state index contributed by atoms with van der Waals surface area (Å²) >= 11 is 0. The van der Waals surface area contributed by atoms with Gasteiger partial charge in [-0.15, -0.1) is 0 Å². The van der Waals surface area contributed by atoms with Crippen LogP contribution >= 0.6 is 0 Å². The smallest absolute Gasteiger partial charge is 0.229 e. The number of carbonyl (C=O) groups excluding carboxylic acids is 1. The van der Waals surface area contributed by atoms with E-state index in [2.05, 4.69) is 0 Å². The number of carbonyl (C=O) groups is 1. The van der Waals surface area contributed by atoms with Crippen LogP contribution in [0.15, 0.2) is 22.8 Å². The standard InChI is InChI=1S/C21H20O6/c1-20-13-3-2-12-10(4-5-21(12)26-6-7-27-21)16(13)18(24)19-17(20)11(9-25-19)14(22)8-15(20)23/h2-3,9,14-15,22-23H,4-8H2,1H3/t14?,15-,20+/m0/s1. The molecular formula is C21H20O6. The molecule has 1 fully saturated rings. The lowest BCUT2D eigenvalue weighted by atomic mass is 9.60. The van der Waals surface area contributed by atoms with Crippen LogP contribution in [0.4, 0.5) is 0 Å². The molecule has 140 valence electrons. The molecule has 3 aliphatic carbocycles. The number of ketones is 1. The van der Waals surface area contributed by atoms with Crippen molar-refractivity contribution in [2.24, 2.45) is 0 Å². The Morgan fingerprint density at radius 2 is 1.89 bits per heavy atom. The number of benzene rings is 1. The van der Waals surface area contributed by atoms with Crippen molar-refractivity contribution in [1.29, 1.82) is 0 Å². The number of rotatable bonds is 0. The third-order valence-electron chi connectivity index (χ3n) is 6.98. The van der Waals surface area contributed by atoms with Crippen molar-refractivity contribution in [3.63, 3.8) is 0 Å². The van der Waals surface area contributed by atoms with Crippen LogP contribution in [0.5, 0.6) is 0 Å². The van der Waals surface area contributed by atoms with Crippen molar-refractivity contribution in [3.05, 3.63) is 57.5 Å². The van der Waals surface area contributed by atoms with Crippen molar-refractivity contribution in [3.8, 4) is 0 Å². The third-order valence-corrected chi connectivity index (χ3v) is 6.98. The summed E-state index contributed by atoms with van der Waals surface area (Å²) in [5, 5.41) is 21.3. The second-order valence-electron chi connectivity index (χ2n) is 8.16. The average molecular weight is 368 g/mol. The maximum absolute atomic E-state index is 13.4. The minimum absolute atomic E-state index is 0.183. The molecule has 0 saturated carbocycles. The monoisotopic (exact) mass is 368 g/mol. The van der Waals surface area contributed by atoms with Gasteiger partial charge in [0.1, 0.15) is 0 Å². The fourth-order valence-electron chi connectivity index (χ4n) is 5.62. The van der Waals surface area contributed by atoms with E-state index in [1.807, 2.05) is 19.1 Å². The average Bonchev–Trinajstić information content (AvgIpc) is 3.38. The SMILES string of the molecule is C[C@]12c3ccc4c(c3C(=O)c3occ(c31)C(O)C[C@@H]2O)CCC41OCCO1. The van der Waals surface area contributed by atoms with Crippen LogP contribution in [0.3, 0.4) is 0 Å². The number of hydrogen-bond acceptors (Lipinski definition) is 6. The van der Waals surface area contributed by atoms with Gasteiger partial charge in [-0.25, -0.2) is 0 Å². The first-order valence-corrected chi connectivity index (χ1v) is 9.45. The molecule has 1 unspecified atom stereocenters. The van der Waals surface area contributed by atoms with E-state index in [0.29, 0.717) is 42.7 Å². The lowest BCUT2D eigenvalue weighted by molar-refractivity contribution is -0.163. The van der Waals surface area contributed by atoms with E-state index in [-0.39, 0.29) is 18.0 Å². The van der Waals surface area contributed by atoms with Crippen LogP contribution < -0.4 is 0 Å². The summed E-state index contributed by atoms with van der Waals surface area (Å²) in [6.45, 7) is 3.03. The molecule has 1 aromatic heterocycles. The summed E-state index contributed by atoms with van der Waals surface area (Å²) in [6.07, 6.45) is 1.41. The van der Waals surface area contributed by atoms with E-state index in [1.54, 1.807) is 0 Å². The lowest BCUT2D eigenvalue weighted by Crippen LogP contribution is -2.47. The predicted octanol–water partition coefficient (Wildman–Crippen LogP) is 2.07. The summed E-state index contributed by atoms with van der Waals surface area (Å²) < 4.78 is 17.5. The first-order chi connectivity index (χ1) is 13.0. The molecule has 2 N–H and O–H groups in total. The molecule has 2 aromatic rings. The normalized spacial score (nSPS) is 32.5. The Balaban J connectivity index is 1.65. The number of fused-ring (bicyclic) bond motifs is 5. The molecule has 6 nitrogen and oxygen atoms in total. The summed E-state index contributed by atoms with van der Waals surface area (Å²) in [5.41, 5.74) is 3.70. The first-order valence-electron chi connectivity index (χ1n) is 9.45. The fraction of sp³-hybridized carbons (Fsp3) is 0.476. The molecule has 1 aliphatic heterocycles. The molecule has 27 heavy (non-hydrogen) atoms. The van der Waals surface area contributed by atoms with Gasteiger partial charge in [0, 0.05) is 40.5 Å². The molecule has 0 radical (unpaired) electrons. The van der Waals surface area contributed by atoms with Crippen LogP contribution in [0.2, 0.25) is 0 Å². The second-order valence-corrected chi connectivity index (χ2v) is 8.16. The van der Waals surface area contributed by atoms with Crippen molar-refractivity contribution < 1.29 is 28.9 Å². The number of hydrogen-bond donors (Lipinski definition) is 2. The second kappa shape index (κ2) is 4.89. The first kappa shape index (κ1) is 16.0. The number of aliphatic hydroxyl groups is 2. The maximum Gasteiger partial charge on any atom is 0.229 e. The minimum Gasteiger partial charge on any atom is -0.460 e. The van der Waals surface area contributed by atoms with E-state index >= 15 is 0 Å². The van der Waals surface area contributed by atoms with Gasteiger partial charge in [0.05, 0.1) is 31.7 Å². The van der Waals surface area contributed by atoms with Crippen molar-refractivity contribution in [1.82, 2.24) is 0 Å². The Bertz CT molecular complexity index is 998. The van der Waals surface area contributed by atoms with Gasteiger partial charge in [0.2, 0.25) is 5.78 Å². The molecular weight excluding hydrogens is 348 g/mol. The van der Waals surface area contributed by atoms with Crippen LogP contribution in [0, 0.1) is 0 Å². The summed E-state index contributed by atoms with van der Waals surface area (Å²) in [7, 11) is 0. The van der Waals surface area contributed by atoms with E-state index in [4.69, 9.17) is 13.9 Å². The highest BCUT2D eigenvalue weighted by atomic mass is 16.7. The van der Waals surface area contributed by atoms with Crippen LogP contribution in [0.25, 0.3) is 0 Å². The van der Waals surface area contributed by atoms with E-state index in [1.165, 1.54) is 6.26 Å². The molecule has 2 heterocycles. The van der Waals surface area contributed by atoms with Gasteiger partial charge >= 0.3 is 0 Å². The third kappa shape index (κ3) is 1.69. The van der Waals surface area contributed by atoms with Crippen molar-refractivity contribution >= 4 is 5.78 Å². The highest BCUT2D eigenvalue weighted by molar-refractivity contribution is 6.13. The number of furan rings is 1. The zero-order valence-corrected chi connectivity index (χ0v) is 14.9. The van der Waals surface area contributed by atoms with Crippen molar-refractivity contribution in [2.45, 2.75) is 49.6 Å². The summed E-state index contributed by atoms with van der Waals surface area (Å²) in [4.78, 5) is 13.4. The zero-order valence-electron chi connectivity index (χ0n) is 14.9. The molecule has 1 saturated heterocycles. The van der Waals surface area contributed by atoms with E-state index in [0.717, 1.165) is 16.7 Å². The topological polar surface area (TPSA) is 89.1 Å². The molecule has 6 rings (SSSR count). The van der Waals surface area contributed by atoms with E-state index < -0.39 is 23.4 Å². The summed E-state index contributed by atoms with van der Waals surface area (Å²) in [6, 6.07) is 3.90. The van der Waals surface area contributed by atoms with Crippen LogP contribution in [0.1, 0.15) is 69.8 Å². The summed E-state index contributed by atoms with van der Waals surface area (Å²) in [5.74, 6) is -0.695. The number of ether oxygens (including phenoxy) is 2. The van der Waals surface area contributed by atoms with Gasteiger partial charge in [-0.2, -0.15) is 0 Å². The van der Waals surface area contributed by atoms with Gasteiger partial charge in [-0.3, -0.25) is 4.79 Å². The predicted molar refractivity (Wildman–Crippen MR) is 92.5 cm³/mol. The Hall–Kier alpha value is -1.99. The Morgan fingerprint density at radius 3 is 2.67 bits per heavy atom. The van der Waals surface area contributed by atoms with Gasteiger partial charge in [0.25, 0.3) is 0 Å². The fourth-order valence-corrected chi connectivity index (χ4v) is 5.62. The van der Waals surface area contributed by atoms with Gasteiger partial charge in [-0.1, -0.05) is 12.1 Å². The van der Waals surface area contributed by atoms with Gasteiger partial charge < -0.3 is 24.1 Å². The van der Waals surface area contributed by atoms with Gasteiger partial charge in [-0.05, 0) is 24.5 Å². The van der Waals surface area contributed by atoms with Gasteiger partial charge in [0.15, 0.2) is 11.5 Å². The molecule has 0 bridgehead atoms. The highest BCUT2D eigenvalue weighted by Crippen LogP contribution is 2.55. The largest absolute Gasteiger partial charge is 0.460 e. The Morgan fingerprint density at radius 1 is 1.15 bits per heavy atom. The molecule has 1 spiro atoms. The molecule has 6 heteroatoms.